The van der Waals surface area contributed by atoms with Crippen LogP contribution in [0.4, 0.5) is 10.5 Å². The summed E-state index contributed by atoms with van der Waals surface area (Å²) in [7, 11) is 5.37. The first kappa shape index (κ1) is 45.0. The van der Waals surface area contributed by atoms with Gasteiger partial charge in [0, 0.05) is 55.6 Å². The number of aliphatic hydroxyl groups excluding tert-OH is 1. The lowest BCUT2D eigenvalue weighted by Gasteiger charge is -2.46. The maximum absolute atomic E-state index is 14.6. The van der Waals surface area contributed by atoms with Crippen LogP contribution >= 0.6 is 0 Å². The highest BCUT2D eigenvalue weighted by Crippen LogP contribution is 2.42. The van der Waals surface area contributed by atoms with Crippen molar-refractivity contribution in [3.8, 4) is 0 Å². The number of aliphatic hydroxyl groups is 1. The van der Waals surface area contributed by atoms with Crippen LogP contribution in [0.5, 0.6) is 0 Å². The van der Waals surface area contributed by atoms with Crippen molar-refractivity contribution < 1.29 is 48.0 Å². The van der Waals surface area contributed by atoms with Crippen molar-refractivity contribution in [2.75, 3.05) is 33.1 Å². The lowest BCUT2D eigenvalue weighted by atomic mass is 9.74. The van der Waals surface area contributed by atoms with Crippen LogP contribution in [0, 0.1) is 17.8 Å². The first-order valence-corrected chi connectivity index (χ1v) is 19.7. The average molecular weight is 785 g/mol. The number of ether oxygens (including phenoxy) is 5. The molecule has 0 aliphatic carbocycles. The van der Waals surface area contributed by atoms with Gasteiger partial charge in [-0.1, -0.05) is 58.1 Å². The molecule has 0 spiro atoms. The highest BCUT2D eigenvalue weighted by atomic mass is 16.7. The predicted molar refractivity (Wildman–Crippen MR) is 212 cm³/mol. The van der Waals surface area contributed by atoms with Crippen molar-refractivity contribution in [1.29, 1.82) is 0 Å². The zero-order valence-corrected chi connectivity index (χ0v) is 35.2. The average Bonchev–Trinajstić information content (AvgIpc) is 3.40. The molecule has 3 aliphatic heterocycles. The second-order valence-corrected chi connectivity index (χ2v) is 16.4. The minimum atomic E-state index is -1.40. The van der Waals surface area contributed by atoms with Gasteiger partial charge in [0.2, 0.25) is 5.91 Å². The van der Waals surface area contributed by atoms with Crippen LogP contribution in [-0.2, 0) is 38.1 Å². The van der Waals surface area contributed by atoms with E-state index in [0.29, 0.717) is 24.1 Å². The number of likely N-dealkylation sites (N-methyl/N-ethyl adjacent to an activating group) is 1. The van der Waals surface area contributed by atoms with Gasteiger partial charge in [0.1, 0.15) is 24.0 Å². The summed E-state index contributed by atoms with van der Waals surface area (Å²) in [6, 6.07) is 6.22. The van der Waals surface area contributed by atoms with Gasteiger partial charge in [-0.25, -0.2) is 20.0 Å². The fourth-order valence-corrected chi connectivity index (χ4v) is 8.66. The standard InChI is InChI=1S/C42H64N4O10/c1-13-33-42(9)36(46(40(51)56-42)43-20-14-15-30-16-18-31(19-17-30)44-29(7)47)28(6)34(48)26(4)23-41(8,52-12)37(24(2)21-25(3)38(50)54-33)55-39-35(49)32(45(10)11)22-27(5)53-39/h14-19,21,24,26-28,32-33,35-37,39,43,49H,13,20,22-23H2,1-12H3,(H,44,47)/b15-14+,25-21+/t24-,26+,27+,28-,32-,33+,35+,36+,37+,39-,41+,42+/m0/s1. The summed E-state index contributed by atoms with van der Waals surface area (Å²) in [5.41, 5.74) is 2.53. The fourth-order valence-electron chi connectivity index (χ4n) is 8.66. The zero-order chi connectivity index (χ0) is 41.7. The van der Waals surface area contributed by atoms with Gasteiger partial charge in [0.15, 0.2) is 11.9 Å². The van der Waals surface area contributed by atoms with Gasteiger partial charge in [0.25, 0.3) is 0 Å². The number of nitrogens with zero attached hydrogens (tertiary/aromatic N) is 2. The van der Waals surface area contributed by atoms with Crippen LogP contribution in [0.15, 0.2) is 42.0 Å². The molecule has 3 N–H and O–H groups in total. The van der Waals surface area contributed by atoms with Crippen LogP contribution < -0.4 is 10.7 Å². The molecule has 312 valence electrons. The molecule has 2 amide bonds. The minimum Gasteiger partial charge on any atom is -0.455 e. The zero-order valence-electron chi connectivity index (χ0n) is 35.2. The van der Waals surface area contributed by atoms with Crippen LogP contribution in [0.3, 0.4) is 0 Å². The SMILES string of the molecule is CC[C@H]1OC(=O)/C(C)=C/[C@H](C)[C@@H](O[C@@H]2O[C@H](C)C[C@H](N(C)C)[C@H]2O)[C@](C)(OC)C[C@@H](C)C(=O)[C@H](C)[C@H]2N(NC/C=C/c3ccc(NC(C)=O)cc3)C(=O)O[C@]12C. The van der Waals surface area contributed by atoms with Gasteiger partial charge < -0.3 is 39.0 Å². The topological polar surface area (TPSA) is 165 Å². The molecule has 14 heteroatoms. The quantitative estimate of drug-likeness (QED) is 0.269. The second kappa shape index (κ2) is 18.7. The Morgan fingerprint density at radius 3 is 2.36 bits per heavy atom. The summed E-state index contributed by atoms with van der Waals surface area (Å²) in [5.74, 6) is -2.73. The number of benzene rings is 1. The van der Waals surface area contributed by atoms with Crippen molar-refractivity contribution in [1.82, 2.24) is 15.3 Å². The minimum absolute atomic E-state index is 0.143. The number of anilines is 1. The molecular weight excluding hydrogens is 720 g/mol. The van der Waals surface area contributed by atoms with E-state index in [1.54, 1.807) is 46.1 Å². The smallest absolute Gasteiger partial charge is 0.425 e. The number of methoxy groups -OCH3 is 1. The summed E-state index contributed by atoms with van der Waals surface area (Å²) >= 11 is 0. The van der Waals surface area contributed by atoms with Gasteiger partial charge in [-0.3, -0.25) is 9.59 Å². The van der Waals surface area contributed by atoms with Crippen LogP contribution in [0.25, 0.3) is 6.08 Å². The number of cyclic esters (lactones) is 1. The number of carbonyl (C=O) groups is 4. The normalized spacial score (nSPS) is 37.1. The number of amides is 2. The molecule has 0 unspecified atom stereocenters. The maximum atomic E-state index is 14.6. The van der Waals surface area contributed by atoms with Crippen molar-refractivity contribution in [3.63, 3.8) is 0 Å². The largest absolute Gasteiger partial charge is 0.455 e. The lowest BCUT2D eigenvalue weighted by molar-refractivity contribution is -0.294. The molecular formula is C42H64N4O10. The summed E-state index contributed by atoms with van der Waals surface area (Å²) in [6.07, 6.45) is 2.08. The van der Waals surface area contributed by atoms with E-state index in [9.17, 15) is 24.3 Å². The van der Waals surface area contributed by atoms with Gasteiger partial charge in [0.05, 0.1) is 17.8 Å². The number of hydrogen-bond donors (Lipinski definition) is 3. The summed E-state index contributed by atoms with van der Waals surface area (Å²) in [6.45, 7) is 16.2. The van der Waals surface area contributed by atoms with Gasteiger partial charge in [-0.2, -0.15) is 0 Å². The number of fused-ring (bicyclic) bond motifs is 1. The molecule has 2 saturated heterocycles. The van der Waals surface area contributed by atoms with E-state index in [1.165, 1.54) is 11.9 Å². The van der Waals surface area contributed by atoms with Crippen LogP contribution in [0.2, 0.25) is 0 Å². The Balaban J connectivity index is 1.69. The molecule has 0 bridgehead atoms. The molecule has 1 aromatic rings. The molecule has 0 aromatic heterocycles. The predicted octanol–water partition coefficient (Wildman–Crippen LogP) is 5.11. The van der Waals surface area contributed by atoms with E-state index < -0.39 is 71.7 Å². The van der Waals surface area contributed by atoms with E-state index in [1.807, 2.05) is 77.9 Å². The number of hydrazine groups is 1. The Labute approximate surface area is 332 Å². The monoisotopic (exact) mass is 784 g/mol. The van der Waals surface area contributed by atoms with E-state index in [2.05, 4.69) is 10.7 Å². The van der Waals surface area contributed by atoms with Gasteiger partial charge in [-0.15, -0.1) is 0 Å². The molecule has 1 aromatic carbocycles. The number of Topliss-reactive ketones (excluding diaryl/α,β-unsaturated/α-hetero) is 1. The molecule has 56 heavy (non-hydrogen) atoms. The first-order chi connectivity index (χ1) is 26.3. The third kappa shape index (κ3) is 10.1. The molecule has 2 fully saturated rings. The Bertz CT molecular complexity index is 1620. The fraction of sp³-hybridized carbons (Fsp3) is 0.667. The lowest BCUT2D eigenvalue weighted by Crippen LogP contribution is -2.60. The summed E-state index contributed by atoms with van der Waals surface area (Å²) < 4.78 is 31.3. The number of carbonyl (C=O) groups excluding carboxylic acids is 4. The third-order valence-corrected chi connectivity index (χ3v) is 11.6. The molecule has 3 aliphatic rings. The van der Waals surface area contributed by atoms with Crippen LogP contribution in [-0.4, -0.2) is 121 Å². The second-order valence-electron chi connectivity index (χ2n) is 16.4. The molecule has 4 rings (SSSR count). The number of hydrogen-bond acceptors (Lipinski definition) is 12. The molecule has 14 nitrogen and oxygen atoms in total. The number of esters is 1. The Hall–Kier alpha value is -3.66. The van der Waals surface area contributed by atoms with Crippen LogP contribution in [0.1, 0.15) is 87.1 Å². The Kier molecular flexibility index (Phi) is 15.1. The van der Waals surface area contributed by atoms with Gasteiger partial charge >= 0.3 is 12.1 Å². The maximum Gasteiger partial charge on any atom is 0.425 e. The Morgan fingerprint density at radius 2 is 1.77 bits per heavy atom. The Morgan fingerprint density at radius 1 is 1.11 bits per heavy atom. The van der Waals surface area contributed by atoms with Crippen molar-refractivity contribution in [2.45, 2.75) is 136 Å². The number of nitrogens with one attached hydrogen (secondary N) is 2. The van der Waals surface area contributed by atoms with Crippen molar-refractivity contribution in [2.24, 2.45) is 17.8 Å². The highest BCUT2D eigenvalue weighted by Gasteiger charge is 2.60. The van der Waals surface area contributed by atoms with E-state index >= 15 is 0 Å². The molecule has 0 radical (unpaired) electrons. The summed E-state index contributed by atoms with van der Waals surface area (Å²) in [4.78, 5) is 55.5. The van der Waals surface area contributed by atoms with Gasteiger partial charge in [-0.05, 0) is 78.7 Å². The molecule has 0 saturated carbocycles. The van der Waals surface area contributed by atoms with E-state index in [0.717, 1.165) is 5.56 Å². The number of ketones is 1. The van der Waals surface area contributed by atoms with E-state index in [-0.39, 0.29) is 36.8 Å². The van der Waals surface area contributed by atoms with Crippen molar-refractivity contribution >= 4 is 35.5 Å². The first-order valence-electron chi connectivity index (χ1n) is 19.7. The number of rotatable bonds is 10. The molecule has 3 heterocycles. The summed E-state index contributed by atoms with van der Waals surface area (Å²) in [5, 5.41) is 15.5. The molecule has 12 atom stereocenters. The van der Waals surface area contributed by atoms with E-state index in [4.69, 9.17) is 23.7 Å². The third-order valence-electron chi connectivity index (χ3n) is 11.6. The van der Waals surface area contributed by atoms with Crippen molar-refractivity contribution in [3.05, 3.63) is 47.6 Å². The highest BCUT2D eigenvalue weighted by molar-refractivity contribution is 5.89.